The summed E-state index contributed by atoms with van der Waals surface area (Å²) < 4.78 is 2.97. The molecule has 3 heterocycles. The van der Waals surface area contributed by atoms with Crippen LogP contribution in [0.25, 0.3) is 11.2 Å². The Morgan fingerprint density at radius 1 is 1.23 bits per heavy atom. The zero-order valence-electron chi connectivity index (χ0n) is 17.8. The number of hydrogen-bond donors (Lipinski definition) is 1. The van der Waals surface area contributed by atoms with Crippen LogP contribution in [0.5, 0.6) is 0 Å². The number of benzene rings is 1. The lowest BCUT2D eigenvalue weighted by Crippen LogP contribution is -2.46. The lowest BCUT2D eigenvalue weighted by molar-refractivity contribution is -0.119. The first-order valence-corrected chi connectivity index (χ1v) is 10.6. The molecule has 10 heteroatoms. The average Bonchev–Trinajstić information content (AvgIpc) is 3.11. The molecule has 1 aromatic carbocycles. The summed E-state index contributed by atoms with van der Waals surface area (Å²) in [5.74, 6) is 0.514. The highest BCUT2D eigenvalue weighted by molar-refractivity contribution is 6.30. The van der Waals surface area contributed by atoms with Crippen LogP contribution in [-0.2, 0) is 18.4 Å². The number of nitrogens with zero attached hydrogens (tertiary/aromatic N) is 5. The summed E-state index contributed by atoms with van der Waals surface area (Å²) in [6.45, 7) is 6.93. The van der Waals surface area contributed by atoms with Crippen molar-refractivity contribution >= 4 is 34.2 Å². The molecule has 1 saturated heterocycles. The number of carbonyl (C=O) groups is 1. The Bertz CT molecular complexity index is 1250. The van der Waals surface area contributed by atoms with Crippen LogP contribution in [0.1, 0.15) is 25.7 Å². The van der Waals surface area contributed by atoms with Crippen LogP contribution >= 0.6 is 11.6 Å². The lowest BCUT2D eigenvalue weighted by atomic mass is 10.2. The molecule has 0 saturated carbocycles. The molecular formula is C21H25ClN6O3. The van der Waals surface area contributed by atoms with Gasteiger partial charge in [0.15, 0.2) is 16.9 Å². The molecule has 4 rings (SSSR count). The molecule has 31 heavy (non-hydrogen) atoms. The molecule has 0 aliphatic carbocycles. The quantitative estimate of drug-likeness (QED) is 0.641. The summed E-state index contributed by atoms with van der Waals surface area (Å²) in [5, 5.41) is 0.711. The number of anilines is 1. The fraction of sp³-hybridized carbons (Fsp3) is 0.429. The molecule has 0 radical (unpaired) electrons. The minimum atomic E-state index is -0.564. The summed E-state index contributed by atoms with van der Waals surface area (Å²) in [5.41, 5.74) is 0.563. The van der Waals surface area contributed by atoms with Crippen molar-refractivity contribution in [2.45, 2.75) is 26.4 Å². The van der Waals surface area contributed by atoms with Crippen molar-refractivity contribution in [3.8, 4) is 0 Å². The number of nitrogens with one attached hydrogen (secondary N) is 1. The number of aromatic amines is 1. The molecule has 2 aromatic heterocycles. The predicted octanol–water partition coefficient (Wildman–Crippen LogP) is 1.55. The highest BCUT2D eigenvalue weighted by Gasteiger charge is 2.26. The van der Waals surface area contributed by atoms with Gasteiger partial charge in [0.25, 0.3) is 5.56 Å². The third-order valence-corrected chi connectivity index (χ3v) is 6.15. The first-order valence-electron chi connectivity index (χ1n) is 10.2. The van der Waals surface area contributed by atoms with Crippen LogP contribution in [0.2, 0.25) is 5.02 Å². The van der Waals surface area contributed by atoms with Crippen LogP contribution < -0.4 is 16.1 Å². The van der Waals surface area contributed by atoms with Gasteiger partial charge in [-0.05, 0) is 32.0 Å². The average molecular weight is 445 g/mol. The Morgan fingerprint density at radius 3 is 2.58 bits per heavy atom. The number of Topliss-reactive ketones (excluding diaryl/α,β-unsaturated/α-hetero) is 1. The molecule has 1 fully saturated rings. The number of halogens is 1. The van der Waals surface area contributed by atoms with E-state index < -0.39 is 17.3 Å². The number of aromatic nitrogens is 4. The summed E-state index contributed by atoms with van der Waals surface area (Å²) >= 11 is 6.12. The molecule has 3 aromatic rings. The van der Waals surface area contributed by atoms with Gasteiger partial charge in [0, 0.05) is 43.9 Å². The fourth-order valence-corrected chi connectivity index (χ4v) is 4.18. The number of ketones is 1. The number of imidazole rings is 1. The van der Waals surface area contributed by atoms with Crippen LogP contribution in [0.3, 0.4) is 0 Å². The van der Waals surface area contributed by atoms with E-state index in [0.717, 1.165) is 31.9 Å². The van der Waals surface area contributed by atoms with Gasteiger partial charge in [0.1, 0.15) is 5.82 Å². The van der Waals surface area contributed by atoms with E-state index in [9.17, 15) is 14.4 Å². The maximum atomic E-state index is 12.6. The smallest absolute Gasteiger partial charge is 0.329 e. The number of rotatable bonds is 5. The third kappa shape index (κ3) is 4.03. The number of fused-ring (bicyclic) bond motifs is 1. The van der Waals surface area contributed by atoms with E-state index in [4.69, 9.17) is 11.6 Å². The zero-order chi connectivity index (χ0) is 22.3. The zero-order valence-corrected chi connectivity index (χ0v) is 18.5. The van der Waals surface area contributed by atoms with Crippen molar-refractivity contribution in [1.29, 1.82) is 0 Å². The van der Waals surface area contributed by atoms with E-state index in [1.807, 2.05) is 24.3 Å². The number of H-pyrrole nitrogens is 1. The van der Waals surface area contributed by atoms with Crippen molar-refractivity contribution in [2.24, 2.45) is 7.05 Å². The van der Waals surface area contributed by atoms with Crippen molar-refractivity contribution in [2.75, 3.05) is 31.1 Å². The van der Waals surface area contributed by atoms with E-state index in [0.29, 0.717) is 17.4 Å². The Morgan fingerprint density at radius 2 is 1.94 bits per heavy atom. The highest BCUT2D eigenvalue weighted by Crippen LogP contribution is 2.23. The van der Waals surface area contributed by atoms with Gasteiger partial charge in [-0.15, -0.1) is 0 Å². The van der Waals surface area contributed by atoms with Gasteiger partial charge in [-0.2, -0.15) is 0 Å². The Hall–Kier alpha value is -2.91. The summed E-state index contributed by atoms with van der Waals surface area (Å²) in [6, 6.07) is 7.24. The monoisotopic (exact) mass is 444 g/mol. The fourth-order valence-electron chi connectivity index (χ4n) is 3.99. The van der Waals surface area contributed by atoms with Gasteiger partial charge in [-0.25, -0.2) is 9.78 Å². The second kappa shape index (κ2) is 8.32. The number of hydrogen-bond acceptors (Lipinski definition) is 6. The standard InChI is InChI=1S/C21H25ClN6O3/c1-13(14(2)29)28-17(23-19-18(28)20(30)24-21(31)25(19)3)12-26-7-9-27(10-8-26)16-6-4-5-15(22)11-16/h4-6,11,13H,7-10,12H2,1-3H3,(H,24,30,31). The van der Waals surface area contributed by atoms with Crippen molar-refractivity contribution in [3.05, 3.63) is 56.0 Å². The van der Waals surface area contributed by atoms with Crippen molar-refractivity contribution in [3.63, 3.8) is 0 Å². The molecule has 9 nitrogen and oxygen atoms in total. The van der Waals surface area contributed by atoms with Gasteiger partial charge >= 0.3 is 5.69 Å². The van der Waals surface area contributed by atoms with Crippen LogP contribution in [0.15, 0.2) is 33.9 Å². The molecule has 1 aliphatic heterocycles. The van der Waals surface area contributed by atoms with Crippen molar-refractivity contribution < 1.29 is 4.79 Å². The van der Waals surface area contributed by atoms with Gasteiger partial charge in [0.05, 0.1) is 12.6 Å². The van der Waals surface area contributed by atoms with E-state index in [1.165, 1.54) is 11.5 Å². The summed E-state index contributed by atoms with van der Waals surface area (Å²) in [6.07, 6.45) is 0. The Kier molecular flexibility index (Phi) is 5.72. The molecule has 1 atom stereocenters. The van der Waals surface area contributed by atoms with E-state index >= 15 is 0 Å². The number of aryl methyl sites for hydroxylation is 1. The molecule has 0 amide bonds. The normalized spacial score (nSPS) is 16.1. The van der Waals surface area contributed by atoms with Gasteiger partial charge < -0.3 is 9.47 Å². The minimum absolute atomic E-state index is 0.0837. The SMILES string of the molecule is CC(=O)C(C)n1c(CN2CCN(c3cccc(Cl)c3)CC2)nc2c1c(=O)[nH]c(=O)n2C. The molecule has 1 aliphatic rings. The maximum absolute atomic E-state index is 12.6. The van der Waals surface area contributed by atoms with Gasteiger partial charge in [-0.1, -0.05) is 17.7 Å². The van der Waals surface area contributed by atoms with Gasteiger partial charge in [-0.3, -0.25) is 24.0 Å². The highest BCUT2D eigenvalue weighted by atomic mass is 35.5. The first kappa shape index (κ1) is 21.3. The lowest BCUT2D eigenvalue weighted by Gasteiger charge is -2.36. The predicted molar refractivity (Wildman–Crippen MR) is 120 cm³/mol. The maximum Gasteiger partial charge on any atom is 0.329 e. The second-order valence-electron chi connectivity index (χ2n) is 7.92. The molecule has 164 valence electrons. The second-order valence-corrected chi connectivity index (χ2v) is 8.35. The topological polar surface area (TPSA) is 96.2 Å². The van der Waals surface area contributed by atoms with E-state index in [1.54, 1.807) is 18.5 Å². The number of piperazine rings is 1. The summed E-state index contributed by atoms with van der Waals surface area (Å²) in [4.78, 5) is 48.2. The summed E-state index contributed by atoms with van der Waals surface area (Å²) in [7, 11) is 1.56. The molecule has 1 N–H and O–H groups in total. The molecule has 1 unspecified atom stereocenters. The first-order chi connectivity index (χ1) is 14.8. The van der Waals surface area contributed by atoms with Gasteiger partial charge in [0.2, 0.25) is 0 Å². The molecular weight excluding hydrogens is 420 g/mol. The Balaban J connectivity index is 1.63. The largest absolute Gasteiger partial charge is 0.369 e. The van der Waals surface area contributed by atoms with E-state index in [-0.39, 0.29) is 16.9 Å². The molecule has 0 spiro atoms. The van der Waals surface area contributed by atoms with Crippen LogP contribution in [0.4, 0.5) is 5.69 Å². The Labute approximate surface area is 183 Å². The van der Waals surface area contributed by atoms with E-state index in [2.05, 4.69) is 19.8 Å². The van der Waals surface area contributed by atoms with Crippen LogP contribution in [-0.4, -0.2) is 56.0 Å². The van der Waals surface area contributed by atoms with Crippen LogP contribution in [0, 0.1) is 0 Å². The molecule has 0 bridgehead atoms. The minimum Gasteiger partial charge on any atom is -0.369 e. The van der Waals surface area contributed by atoms with Crippen molar-refractivity contribution in [1.82, 2.24) is 24.0 Å². The third-order valence-electron chi connectivity index (χ3n) is 5.91. The number of carbonyl (C=O) groups excluding carboxylic acids is 1.